The summed E-state index contributed by atoms with van der Waals surface area (Å²) in [7, 11) is 0. The third-order valence-electron chi connectivity index (χ3n) is 2.48. The second-order valence-corrected chi connectivity index (χ2v) is 3.72. The van der Waals surface area contributed by atoms with Gasteiger partial charge in [-0.25, -0.2) is 0 Å². The molecule has 4 nitrogen and oxygen atoms in total. The topological polar surface area (TPSA) is 66.2 Å². The molecule has 4 heteroatoms. The molecule has 0 aliphatic heterocycles. The Hall–Kier alpha value is -2.62. The van der Waals surface area contributed by atoms with Crippen molar-refractivity contribution in [2.45, 2.75) is 0 Å². The molecule has 0 unspecified atom stereocenters. The van der Waals surface area contributed by atoms with Crippen molar-refractivity contribution >= 4 is 11.8 Å². The molecule has 0 fully saturated rings. The van der Waals surface area contributed by atoms with E-state index in [1.54, 1.807) is 42.5 Å². The number of hydrogen-bond acceptors (Lipinski definition) is 3. The van der Waals surface area contributed by atoms with E-state index in [0.29, 0.717) is 5.57 Å². The van der Waals surface area contributed by atoms with Gasteiger partial charge in [-0.3, -0.25) is 10.1 Å². The second-order valence-electron chi connectivity index (χ2n) is 3.72. The predicted octanol–water partition coefficient (Wildman–Crippen LogP) is 2.35. The minimum atomic E-state index is -0.456. The highest BCUT2D eigenvalue weighted by atomic mass is 16.6. The summed E-state index contributed by atoms with van der Waals surface area (Å²) in [4.78, 5) is 10.0. The van der Waals surface area contributed by atoms with Gasteiger partial charge in [0, 0.05) is 12.1 Å². The van der Waals surface area contributed by atoms with Crippen LogP contribution in [0, 0.1) is 10.1 Å². The molecule has 0 aromatic heterocycles. The van der Waals surface area contributed by atoms with Crippen LogP contribution < -0.4 is 5.11 Å². The van der Waals surface area contributed by atoms with E-state index in [1.807, 2.05) is 0 Å². The Morgan fingerprint density at radius 2 is 1.72 bits per heavy atom. The molecule has 1 aromatic carbocycles. The summed E-state index contributed by atoms with van der Waals surface area (Å²) in [6.07, 6.45) is 10.2. The number of non-ortho nitro benzene ring substituents is 1. The molecular formula is C14H10NO3-. The van der Waals surface area contributed by atoms with Gasteiger partial charge in [0.05, 0.1) is 4.92 Å². The molecule has 0 radical (unpaired) electrons. The third kappa shape index (κ3) is 2.74. The standard InChI is InChI=1S/C14H11NO3/c16-14(12-3-1-2-4-12)10-7-11-5-8-13(9-6-11)15(17)18/h1-10,16H/p-1. The number of allylic oxidation sites excluding steroid dienone is 6. The van der Waals surface area contributed by atoms with Gasteiger partial charge < -0.3 is 5.11 Å². The molecule has 0 atom stereocenters. The Labute approximate surface area is 104 Å². The van der Waals surface area contributed by atoms with E-state index >= 15 is 0 Å². The highest BCUT2D eigenvalue weighted by molar-refractivity contribution is 5.56. The number of hydrogen-bond donors (Lipinski definition) is 0. The second kappa shape index (κ2) is 5.14. The number of nitro benzene ring substituents is 1. The van der Waals surface area contributed by atoms with Crippen LogP contribution in [0.15, 0.2) is 66.0 Å². The molecule has 0 saturated carbocycles. The summed E-state index contributed by atoms with van der Waals surface area (Å²) in [5.74, 6) is -0.0849. The summed E-state index contributed by atoms with van der Waals surface area (Å²) >= 11 is 0. The lowest BCUT2D eigenvalue weighted by molar-refractivity contribution is -0.384. The van der Waals surface area contributed by atoms with Gasteiger partial charge in [0.15, 0.2) is 0 Å². The van der Waals surface area contributed by atoms with Gasteiger partial charge in [0.2, 0.25) is 0 Å². The van der Waals surface area contributed by atoms with E-state index in [-0.39, 0.29) is 11.4 Å². The average Bonchev–Trinajstić information content (AvgIpc) is 2.90. The van der Waals surface area contributed by atoms with Crippen molar-refractivity contribution in [1.29, 1.82) is 0 Å². The highest BCUT2D eigenvalue weighted by Gasteiger charge is 2.01. The molecule has 0 amide bonds. The zero-order valence-electron chi connectivity index (χ0n) is 9.45. The molecule has 2 rings (SSSR count). The minimum Gasteiger partial charge on any atom is -0.872 e. The zero-order valence-corrected chi connectivity index (χ0v) is 9.45. The largest absolute Gasteiger partial charge is 0.872 e. The number of benzene rings is 1. The van der Waals surface area contributed by atoms with Crippen molar-refractivity contribution in [1.82, 2.24) is 0 Å². The van der Waals surface area contributed by atoms with Crippen LogP contribution in [0.1, 0.15) is 5.56 Å². The summed E-state index contributed by atoms with van der Waals surface area (Å²) in [5.41, 5.74) is 1.42. The van der Waals surface area contributed by atoms with Crippen LogP contribution in [0.25, 0.3) is 6.08 Å². The predicted molar refractivity (Wildman–Crippen MR) is 67.4 cm³/mol. The molecule has 0 N–H and O–H groups in total. The Balaban J connectivity index is 2.14. The fraction of sp³-hybridized carbons (Fsp3) is 0. The van der Waals surface area contributed by atoms with E-state index in [1.165, 1.54) is 18.2 Å². The van der Waals surface area contributed by atoms with Crippen molar-refractivity contribution in [2.24, 2.45) is 0 Å². The lowest BCUT2D eigenvalue weighted by Gasteiger charge is -2.08. The van der Waals surface area contributed by atoms with Crippen LogP contribution in [-0.2, 0) is 0 Å². The first-order chi connectivity index (χ1) is 8.66. The first-order valence-electron chi connectivity index (χ1n) is 5.35. The van der Waals surface area contributed by atoms with Gasteiger partial charge in [-0.1, -0.05) is 36.5 Å². The smallest absolute Gasteiger partial charge is 0.269 e. The Bertz CT molecular complexity index is 564. The fourth-order valence-electron chi connectivity index (χ4n) is 1.51. The normalized spacial score (nSPS) is 13.4. The van der Waals surface area contributed by atoms with Gasteiger partial charge in [-0.2, -0.15) is 0 Å². The zero-order chi connectivity index (χ0) is 13.0. The van der Waals surface area contributed by atoms with Gasteiger partial charge in [0.1, 0.15) is 0 Å². The Morgan fingerprint density at radius 1 is 1.11 bits per heavy atom. The monoisotopic (exact) mass is 240 g/mol. The molecule has 0 heterocycles. The quantitative estimate of drug-likeness (QED) is 0.462. The molecule has 1 aliphatic rings. The molecule has 1 aromatic rings. The van der Waals surface area contributed by atoms with Gasteiger partial charge in [0.25, 0.3) is 5.69 Å². The average molecular weight is 240 g/mol. The first kappa shape index (κ1) is 11.9. The van der Waals surface area contributed by atoms with Crippen molar-refractivity contribution in [2.75, 3.05) is 0 Å². The highest BCUT2D eigenvalue weighted by Crippen LogP contribution is 2.15. The first-order valence-corrected chi connectivity index (χ1v) is 5.35. The van der Waals surface area contributed by atoms with Gasteiger partial charge >= 0.3 is 0 Å². The molecule has 1 aliphatic carbocycles. The number of nitro groups is 1. The van der Waals surface area contributed by atoms with Crippen molar-refractivity contribution in [3.05, 3.63) is 81.7 Å². The van der Waals surface area contributed by atoms with Gasteiger partial charge in [-0.05, 0) is 23.3 Å². The van der Waals surface area contributed by atoms with Crippen LogP contribution >= 0.6 is 0 Å². The van der Waals surface area contributed by atoms with E-state index in [0.717, 1.165) is 5.56 Å². The molecule has 90 valence electrons. The maximum Gasteiger partial charge on any atom is 0.269 e. The van der Waals surface area contributed by atoms with Gasteiger partial charge in [-0.15, -0.1) is 5.76 Å². The maximum absolute atomic E-state index is 11.7. The Morgan fingerprint density at radius 3 is 2.28 bits per heavy atom. The summed E-state index contributed by atoms with van der Waals surface area (Å²) < 4.78 is 0. The van der Waals surface area contributed by atoms with E-state index in [4.69, 9.17) is 0 Å². The number of nitrogens with zero attached hydrogens (tertiary/aromatic N) is 1. The SMILES string of the molecule is O=[N+]([O-])c1ccc(C=CC([O-])=C2C=CC=C2)cc1. The molecule has 0 saturated heterocycles. The van der Waals surface area contributed by atoms with E-state index in [2.05, 4.69) is 0 Å². The van der Waals surface area contributed by atoms with E-state index in [9.17, 15) is 15.2 Å². The van der Waals surface area contributed by atoms with Crippen LogP contribution in [0.5, 0.6) is 0 Å². The van der Waals surface area contributed by atoms with Crippen molar-refractivity contribution in [3.63, 3.8) is 0 Å². The van der Waals surface area contributed by atoms with Crippen molar-refractivity contribution < 1.29 is 10.0 Å². The lowest BCUT2D eigenvalue weighted by Crippen LogP contribution is -2.02. The molecule has 18 heavy (non-hydrogen) atoms. The summed E-state index contributed by atoms with van der Waals surface area (Å²) in [5, 5.41) is 22.1. The lowest BCUT2D eigenvalue weighted by atomic mass is 10.1. The van der Waals surface area contributed by atoms with Crippen LogP contribution in [0.2, 0.25) is 0 Å². The van der Waals surface area contributed by atoms with Crippen molar-refractivity contribution in [3.8, 4) is 0 Å². The van der Waals surface area contributed by atoms with Crippen LogP contribution in [0.4, 0.5) is 5.69 Å². The fourth-order valence-corrected chi connectivity index (χ4v) is 1.51. The Kier molecular flexibility index (Phi) is 3.38. The molecular weight excluding hydrogens is 230 g/mol. The van der Waals surface area contributed by atoms with Crippen LogP contribution in [0.3, 0.4) is 0 Å². The van der Waals surface area contributed by atoms with E-state index < -0.39 is 4.92 Å². The number of rotatable bonds is 3. The summed E-state index contributed by atoms with van der Waals surface area (Å²) in [6.45, 7) is 0. The minimum absolute atomic E-state index is 0.0366. The third-order valence-corrected chi connectivity index (χ3v) is 2.48. The summed E-state index contributed by atoms with van der Waals surface area (Å²) in [6, 6.07) is 6.03. The maximum atomic E-state index is 11.7. The molecule has 0 bridgehead atoms. The molecule has 0 spiro atoms. The van der Waals surface area contributed by atoms with Crippen LogP contribution in [-0.4, -0.2) is 4.92 Å².